The molecule has 1 aliphatic rings. The molecule has 0 bridgehead atoms. The molecule has 1 N–H and O–H groups in total. The molecule has 1 fully saturated rings. The third-order valence-corrected chi connectivity index (χ3v) is 4.64. The number of anilines is 1. The Labute approximate surface area is 169 Å². The van der Waals surface area contributed by atoms with E-state index in [2.05, 4.69) is 25.3 Å². The van der Waals surface area contributed by atoms with Gasteiger partial charge in [-0.2, -0.15) is 4.98 Å². The zero-order valence-corrected chi connectivity index (χ0v) is 17.4. The lowest BCUT2D eigenvalue weighted by Gasteiger charge is -2.37. The van der Waals surface area contributed by atoms with Gasteiger partial charge in [0.05, 0.1) is 5.69 Å². The van der Waals surface area contributed by atoms with Gasteiger partial charge in [-0.3, -0.25) is 0 Å². The Morgan fingerprint density at radius 2 is 1.93 bits per heavy atom. The van der Waals surface area contributed by atoms with E-state index in [1.54, 1.807) is 0 Å². The van der Waals surface area contributed by atoms with Crippen molar-refractivity contribution in [1.82, 2.24) is 20.4 Å². The molecule has 0 amide bonds. The molecule has 1 aromatic heterocycles. The number of hydrogen-bond acceptors (Lipinski definition) is 5. The van der Waals surface area contributed by atoms with Crippen molar-refractivity contribution in [1.29, 1.82) is 0 Å². The predicted octanol–water partition coefficient (Wildman–Crippen LogP) is 2.93. The summed E-state index contributed by atoms with van der Waals surface area (Å²) in [6.45, 7) is 11.5. The molecular weight excluding hydrogens is 378 g/mol. The van der Waals surface area contributed by atoms with Gasteiger partial charge in [-0.15, -0.1) is 0 Å². The molecule has 1 aromatic carbocycles. The zero-order valence-electron chi connectivity index (χ0n) is 17.4. The number of halogens is 2. The van der Waals surface area contributed by atoms with Crippen molar-refractivity contribution >= 4 is 11.6 Å². The Balaban J connectivity index is 1.65. The molecule has 0 radical (unpaired) electrons. The van der Waals surface area contributed by atoms with E-state index < -0.39 is 11.6 Å². The summed E-state index contributed by atoms with van der Waals surface area (Å²) in [7, 11) is 0. The maximum absolute atomic E-state index is 14.0. The highest BCUT2D eigenvalue weighted by molar-refractivity contribution is 5.80. The average molecular weight is 406 g/mol. The van der Waals surface area contributed by atoms with Gasteiger partial charge in [-0.05, 0) is 19.1 Å². The van der Waals surface area contributed by atoms with Crippen LogP contribution in [0.1, 0.15) is 39.4 Å². The van der Waals surface area contributed by atoms with Crippen LogP contribution < -0.4 is 10.2 Å². The molecule has 1 aliphatic heterocycles. The molecule has 0 atom stereocenters. The first kappa shape index (κ1) is 21.0. The minimum Gasteiger partial charge on any atom is -0.366 e. The minimum absolute atomic E-state index is 0.206. The molecule has 158 valence electrons. The Morgan fingerprint density at radius 1 is 1.21 bits per heavy atom. The maximum atomic E-state index is 14.0. The number of benzene rings is 1. The van der Waals surface area contributed by atoms with Crippen LogP contribution in [0.15, 0.2) is 27.7 Å². The first-order chi connectivity index (χ1) is 13.8. The molecule has 0 unspecified atom stereocenters. The molecule has 2 heterocycles. The van der Waals surface area contributed by atoms with Crippen LogP contribution in [0.4, 0.5) is 14.5 Å². The topological polar surface area (TPSA) is 69.8 Å². The fourth-order valence-corrected chi connectivity index (χ4v) is 3.08. The molecule has 3 rings (SSSR count). The summed E-state index contributed by atoms with van der Waals surface area (Å²) in [5.74, 6) is 1.01. The van der Waals surface area contributed by atoms with Crippen molar-refractivity contribution < 1.29 is 13.3 Å². The summed E-state index contributed by atoms with van der Waals surface area (Å²) in [5.41, 5.74) is 0.0928. The van der Waals surface area contributed by atoms with Crippen molar-refractivity contribution in [2.75, 3.05) is 37.6 Å². The van der Waals surface area contributed by atoms with Crippen LogP contribution in [0, 0.1) is 11.6 Å². The Bertz CT molecular complexity index is 853. The first-order valence-corrected chi connectivity index (χ1v) is 9.84. The van der Waals surface area contributed by atoms with Crippen molar-refractivity contribution in [3.05, 3.63) is 41.5 Å². The van der Waals surface area contributed by atoms with E-state index in [0.717, 1.165) is 18.6 Å². The molecule has 0 saturated carbocycles. The lowest BCUT2D eigenvalue weighted by Crippen LogP contribution is -2.52. The minimum atomic E-state index is -0.437. The summed E-state index contributed by atoms with van der Waals surface area (Å²) >= 11 is 0. The molecule has 29 heavy (non-hydrogen) atoms. The van der Waals surface area contributed by atoms with E-state index in [1.165, 1.54) is 12.1 Å². The standard InChI is InChI=1S/C20H28F2N6O/c1-5-23-19(24-13-17-25-18(29-26-17)20(2,3)4)28-10-8-27(9-11-28)16-12-14(21)6-7-15(16)22/h6-7,12H,5,8-11,13H2,1-4H3,(H,23,24). The van der Waals surface area contributed by atoms with Crippen molar-refractivity contribution in [2.24, 2.45) is 4.99 Å². The first-order valence-electron chi connectivity index (χ1n) is 9.84. The number of aromatic nitrogens is 2. The highest BCUT2D eigenvalue weighted by Crippen LogP contribution is 2.22. The third-order valence-electron chi connectivity index (χ3n) is 4.64. The van der Waals surface area contributed by atoms with Crippen LogP contribution in [0.5, 0.6) is 0 Å². The normalized spacial score (nSPS) is 15.7. The van der Waals surface area contributed by atoms with Crippen LogP contribution in [0.2, 0.25) is 0 Å². The van der Waals surface area contributed by atoms with Crippen LogP contribution >= 0.6 is 0 Å². The van der Waals surface area contributed by atoms with E-state index in [-0.39, 0.29) is 5.41 Å². The van der Waals surface area contributed by atoms with Gasteiger partial charge in [0, 0.05) is 44.2 Å². The SMILES string of the molecule is CCNC(=NCc1noc(C(C)(C)C)n1)N1CCN(c2cc(F)ccc2F)CC1. The van der Waals surface area contributed by atoms with Gasteiger partial charge in [-0.25, -0.2) is 13.8 Å². The van der Waals surface area contributed by atoms with E-state index in [1.807, 2.05) is 32.6 Å². The van der Waals surface area contributed by atoms with Crippen molar-refractivity contribution in [2.45, 2.75) is 39.7 Å². The second-order valence-electron chi connectivity index (χ2n) is 8.01. The van der Waals surface area contributed by atoms with Crippen LogP contribution in [0.25, 0.3) is 0 Å². The maximum Gasteiger partial charge on any atom is 0.232 e. The second kappa shape index (κ2) is 8.75. The number of nitrogens with zero attached hydrogens (tertiary/aromatic N) is 5. The summed E-state index contributed by atoms with van der Waals surface area (Å²) in [6, 6.07) is 3.54. The van der Waals surface area contributed by atoms with Crippen LogP contribution in [0.3, 0.4) is 0 Å². The lowest BCUT2D eigenvalue weighted by molar-refractivity contribution is 0.318. The van der Waals surface area contributed by atoms with E-state index in [9.17, 15) is 8.78 Å². The number of rotatable bonds is 4. The number of piperazine rings is 1. The van der Waals surface area contributed by atoms with Crippen molar-refractivity contribution in [3.63, 3.8) is 0 Å². The van der Waals surface area contributed by atoms with Gasteiger partial charge >= 0.3 is 0 Å². The van der Waals surface area contributed by atoms with Gasteiger partial charge in [-0.1, -0.05) is 25.9 Å². The molecule has 2 aromatic rings. The van der Waals surface area contributed by atoms with E-state index in [4.69, 9.17) is 4.52 Å². The van der Waals surface area contributed by atoms with E-state index in [0.29, 0.717) is 50.1 Å². The molecule has 0 spiro atoms. The predicted molar refractivity (Wildman–Crippen MR) is 108 cm³/mol. The Kier molecular flexibility index (Phi) is 6.34. The summed E-state index contributed by atoms with van der Waals surface area (Å²) in [4.78, 5) is 13.0. The molecular formula is C20H28F2N6O. The molecule has 7 nitrogen and oxygen atoms in total. The van der Waals surface area contributed by atoms with Gasteiger partial charge in [0.25, 0.3) is 0 Å². The molecule has 0 aliphatic carbocycles. The van der Waals surface area contributed by atoms with Crippen LogP contribution in [-0.4, -0.2) is 53.7 Å². The summed E-state index contributed by atoms with van der Waals surface area (Å²) in [6.07, 6.45) is 0. The third kappa shape index (κ3) is 5.21. The smallest absolute Gasteiger partial charge is 0.232 e. The quantitative estimate of drug-likeness (QED) is 0.622. The molecule has 9 heteroatoms. The van der Waals surface area contributed by atoms with Crippen LogP contribution in [-0.2, 0) is 12.0 Å². The van der Waals surface area contributed by atoms with Gasteiger partial charge in [0.1, 0.15) is 18.2 Å². The number of nitrogens with one attached hydrogen (secondary N) is 1. The van der Waals surface area contributed by atoms with Gasteiger partial charge in [0.15, 0.2) is 11.8 Å². The summed E-state index contributed by atoms with van der Waals surface area (Å²) < 4.78 is 32.8. The number of aliphatic imine (C=N–C) groups is 1. The largest absolute Gasteiger partial charge is 0.366 e. The highest BCUT2D eigenvalue weighted by atomic mass is 19.1. The average Bonchev–Trinajstić information content (AvgIpc) is 3.17. The highest BCUT2D eigenvalue weighted by Gasteiger charge is 2.23. The second-order valence-corrected chi connectivity index (χ2v) is 8.01. The number of guanidine groups is 1. The van der Waals surface area contributed by atoms with Gasteiger partial charge in [0.2, 0.25) is 5.89 Å². The van der Waals surface area contributed by atoms with Gasteiger partial charge < -0.3 is 19.6 Å². The fraction of sp³-hybridized carbons (Fsp3) is 0.550. The monoisotopic (exact) mass is 406 g/mol. The summed E-state index contributed by atoms with van der Waals surface area (Å²) in [5, 5.41) is 7.28. The fourth-order valence-electron chi connectivity index (χ4n) is 3.08. The number of hydrogen-bond donors (Lipinski definition) is 1. The van der Waals surface area contributed by atoms with Crippen molar-refractivity contribution in [3.8, 4) is 0 Å². The lowest BCUT2D eigenvalue weighted by atomic mass is 9.97. The molecule has 1 saturated heterocycles. The van der Waals surface area contributed by atoms with E-state index >= 15 is 0 Å². The Morgan fingerprint density at radius 3 is 2.55 bits per heavy atom. The Hall–Kier alpha value is -2.71. The zero-order chi connectivity index (χ0) is 21.0.